The number of methoxy groups -OCH3 is 1. The molecule has 2 N–H and O–H groups in total. The Hall–Kier alpha value is -0.560. The SMILES string of the molecule is COCC(O)CNC(=O)CSc1ccc(Br)cc1C. The van der Waals surface area contributed by atoms with Gasteiger partial charge in [-0.05, 0) is 30.7 Å². The Morgan fingerprint density at radius 1 is 1.58 bits per heavy atom. The highest BCUT2D eigenvalue weighted by Gasteiger charge is 2.08. The number of halogens is 1. The van der Waals surface area contributed by atoms with Gasteiger partial charge in [0.25, 0.3) is 0 Å². The van der Waals surface area contributed by atoms with E-state index in [1.54, 1.807) is 0 Å². The number of carbonyl (C=O) groups excluding carboxylic acids is 1. The van der Waals surface area contributed by atoms with Crippen LogP contribution in [0, 0.1) is 6.92 Å². The Bertz CT molecular complexity index is 428. The Kier molecular flexibility index (Phi) is 7.45. The summed E-state index contributed by atoms with van der Waals surface area (Å²) >= 11 is 4.89. The van der Waals surface area contributed by atoms with Gasteiger partial charge in [0.05, 0.1) is 18.5 Å². The first-order valence-electron chi connectivity index (χ1n) is 5.85. The fraction of sp³-hybridized carbons (Fsp3) is 0.462. The maximum absolute atomic E-state index is 11.6. The molecule has 19 heavy (non-hydrogen) atoms. The van der Waals surface area contributed by atoms with Crippen LogP contribution in [-0.4, -0.2) is 43.1 Å². The molecule has 0 radical (unpaired) electrons. The van der Waals surface area contributed by atoms with Crippen LogP contribution in [0.25, 0.3) is 0 Å². The van der Waals surface area contributed by atoms with Crippen molar-refractivity contribution in [2.24, 2.45) is 0 Å². The van der Waals surface area contributed by atoms with E-state index in [9.17, 15) is 9.90 Å². The number of aliphatic hydroxyl groups excluding tert-OH is 1. The number of hydrogen-bond acceptors (Lipinski definition) is 4. The third-order valence-corrected chi connectivity index (χ3v) is 4.06. The van der Waals surface area contributed by atoms with Crippen LogP contribution < -0.4 is 5.32 Å². The van der Waals surface area contributed by atoms with Crippen molar-refractivity contribution < 1.29 is 14.6 Å². The zero-order valence-corrected chi connectivity index (χ0v) is 13.4. The first kappa shape index (κ1) is 16.5. The van der Waals surface area contributed by atoms with Crippen LogP contribution in [0.5, 0.6) is 0 Å². The second-order valence-corrected chi connectivity index (χ2v) is 6.04. The van der Waals surface area contributed by atoms with E-state index < -0.39 is 6.10 Å². The summed E-state index contributed by atoms with van der Waals surface area (Å²) in [4.78, 5) is 12.7. The number of benzene rings is 1. The second-order valence-electron chi connectivity index (χ2n) is 4.11. The highest BCUT2D eigenvalue weighted by molar-refractivity contribution is 9.10. The molecule has 1 aromatic carbocycles. The molecule has 4 nitrogen and oxygen atoms in total. The normalized spacial score (nSPS) is 12.2. The number of ether oxygens (including phenoxy) is 1. The molecule has 0 saturated carbocycles. The van der Waals surface area contributed by atoms with Crippen molar-refractivity contribution in [3.63, 3.8) is 0 Å². The summed E-state index contributed by atoms with van der Waals surface area (Å²) in [7, 11) is 1.51. The second kappa shape index (κ2) is 8.58. The summed E-state index contributed by atoms with van der Waals surface area (Å²) in [5, 5.41) is 12.1. The van der Waals surface area contributed by atoms with Crippen LogP contribution in [0.15, 0.2) is 27.6 Å². The number of nitrogens with one attached hydrogen (secondary N) is 1. The van der Waals surface area contributed by atoms with Crippen molar-refractivity contribution in [3.05, 3.63) is 28.2 Å². The smallest absolute Gasteiger partial charge is 0.230 e. The number of thioether (sulfide) groups is 1. The van der Waals surface area contributed by atoms with Crippen LogP contribution in [0.3, 0.4) is 0 Å². The molecule has 0 saturated heterocycles. The molecule has 6 heteroatoms. The van der Waals surface area contributed by atoms with Crippen LogP contribution >= 0.6 is 27.7 Å². The third kappa shape index (κ3) is 6.42. The molecular formula is C13H18BrNO3S. The number of hydrogen-bond donors (Lipinski definition) is 2. The molecule has 1 rings (SSSR count). The number of carbonyl (C=O) groups is 1. The molecule has 0 bridgehead atoms. The van der Waals surface area contributed by atoms with Crippen molar-refractivity contribution in [1.82, 2.24) is 5.32 Å². The molecule has 1 aromatic rings. The fourth-order valence-electron chi connectivity index (χ4n) is 1.45. The maximum Gasteiger partial charge on any atom is 0.230 e. The summed E-state index contributed by atoms with van der Waals surface area (Å²) in [5.74, 6) is 0.241. The average molecular weight is 348 g/mol. The zero-order chi connectivity index (χ0) is 14.3. The largest absolute Gasteiger partial charge is 0.389 e. The number of aryl methyl sites for hydroxylation is 1. The number of aliphatic hydroxyl groups is 1. The Morgan fingerprint density at radius 3 is 2.95 bits per heavy atom. The van der Waals surface area contributed by atoms with Crippen LogP contribution in [0.2, 0.25) is 0 Å². The molecule has 0 aliphatic carbocycles. The predicted octanol–water partition coefficient (Wildman–Crippen LogP) is 1.97. The minimum absolute atomic E-state index is 0.0949. The molecule has 106 valence electrons. The van der Waals surface area contributed by atoms with E-state index in [1.165, 1.54) is 18.9 Å². The van der Waals surface area contributed by atoms with Crippen LogP contribution in [0.1, 0.15) is 5.56 Å². The van der Waals surface area contributed by atoms with Crippen molar-refractivity contribution in [2.45, 2.75) is 17.9 Å². The van der Waals surface area contributed by atoms with Gasteiger partial charge < -0.3 is 15.2 Å². The molecule has 0 heterocycles. The standard InChI is InChI=1S/C13H18BrNO3S/c1-9-5-10(14)3-4-12(9)19-8-13(17)15-6-11(16)7-18-2/h3-5,11,16H,6-8H2,1-2H3,(H,15,17). The summed E-state index contributed by atoms with van der Waals surface area (Å²) in [6, 6.07) is 5.95. The van der Waals surface area contributed by atoms with Gasteiger partial charge in [-0.3, -0.25) is 4.79 Å². The maximum atomic E-state index is 11.6. The van der Waals surface area contributed by atoms with Gasteiger partial charge >= 0.3 is 0 Å². The predicted molar refractivity (Wildman–Crippen MR) is 80.5 cm³/mol. The Balaban J connectivity index is 2.33. The molecule has 1 unspecified atom stereocenters. The lowest BCUT2D eigenvalue weighted by Crippen LogP contribution is -2.35. The van der Waals surface area contributed by atoms with Crippen molar-refractivity contribution in [1.29, 1.82) is 0 Å². The Morgan fingerprint density at radius 2 is 2.32 bits per heavy atom. The molecule has 1 atom stereocenters. The summed E-state index contributed by atoms with van der Waals surface area (Å²) in [6.45, 7) is 2.44. The molecule has 0 aliphatic rings. The van der Waals surface area contributed by atoms with Crippen molar-refractivity contribution in [2.75, 3.05) is 26.0 Å². The van der Waals surface area contributed by atoms with Gasteiger partial charge in [0.2, 0.25) is 5.91 Å². The lowest BCUT2D eigenvalue weighted by atomic mass is 10.2. The van der Waals surface area contributed by atoms with Gasteiger partial charge in [0, 0.05) is 23.0 Å². The minimum atomic E-state index is -0.659. The van der Waals surface area contributed by atoms with Gasteiger partial charge in [-0.15, -0.1) is 11.8 Å². The molecule has 0 aromatic heterocycles. The highest BCUT2D eigenvalue weighted by Crippen LogP contribution is 2.24. The number of rotatable bonds is 7. The van der Waals surface area contributed by atoms with Gasteiger partial charge in [-0.25, -0.2) is 0 Å². The van der Waals surface area contributed by atoms with E-state index in [0.717, 1.165) is 14.9 Å². The average Bonchev–Trinajstić information content (AvgIpc) is 2.35. The lowest BCUT2D eigenvalue weighted by Gasteiger charge is -2.11. The van der Waals surface area contributed by atoms with Crippen LogP contribution in [-0.2, 0) is 9.53 Å². The van der Waals surface area contributed by atoms with Gasteiger partial charge in [-0.1, -0.05) is 15.9 Å². The van der Waals surface area contributed by atoms with E-state index in [4.69, 9.17) is 4.74 Å². The van der Waals surface area contributed by atoms with E-state index in [2.05, 4.69) is 21.2 Å². The lowest BCUT2D eigenvalue weighted by molar-refractivity contribution is -0.119. The topological polar surface area (TPSA) is 58.6 Å². The van der Waals surface area contributed by atoms with Crippen LogP contribution in [0.4, 0.5) is 0 Å². The zero-order valence-electron chi connectivity index (χ0n) is 11.0. The first-order chi connectivity index (χ1) is 9.02. The van der Waals surface area contributed by atoms with E-state index in [0.29, 0.717) is 5.75 Å². The Labute approximate surface area is 126 Å². The van der Waals surface area contributed by atoms with E-state index in [-0.39, 0.29) is 19.1 Å². The quantitative estimate of drug-likeness (QED) is 0.740. The minimum Gasteiger partial charge on any atom is -0.389 e. The highest BCUT2D eigenvalue weighted by atomic mass is 79.9. The van der Waals surface area contributed by atoms with E-state index in [1.807, 2.05) is 25.1 Å². The molecule has 1 amide bonds. The summed E-state index contributed by atoms with van der Waals surface area (Å²) < 4.78 is 5.81. The number of amides is 1. The van der Waals surface area contributed by atoms with Crippen molar-refractivity contribution in [3.8, 4) is 0 Å². The van der Waals surface area contributed by atoms with Gasteiger partial charge in [0.1, 0.15) is 0 Å². The first-order valence-corrected chi connectivity index (χ1v) is 7.63. The monoisotopic (exact) mass is 347 g/mol. The summed E-state index contributed by atoms with van der Waals surface area (Å²) in [6.07, 6.45) is -0.659. The molecule has 0 aliphatic heterocycles. The molecule has 0 fully saturated rings. The summed E-state index contributed by atoms with van der Waals surface area (Å²) in [5.41, 5.74) is 1.13. The third-order valence-electron chi connectivity index (χ3n) is 2.39. The van der Waals surface area contributed by atoms with Crippen molar-refractivity contribution >= 4 is 33.6 Å². The molecular weight excluding hydrogens is 330 g/mol. The van der Waals surface area contributed by atoms with Gasteiger partial charge in [0.15, 0.2) is 0 Å². The molecule has 0 spiro atoms. The van der Waals surface area contributed by atoms with Gasteiger partial charge in [-0.2, -0.15) is 0 Å². The fourth-order valence-corrected chi connectivity index (χ4v) is 2.77. The van der Waals surface area contributed by atoms with E-state index >= 15 is 0 Å².